The molecule has 0 aromatic heterocycles. The molecule has 0 bridgehead atoms. The van der Waals surface area contributed by atoms with Crippen molar-refractivity contribution in [1.29, 1.82) is 0 Å². The van der Waals surface area contributed by atoms with Crippen molar-refractivity contribution in [3.63, 3.8) is 0 Å². The molecule has 0 aliphatic heterocycles. The summed E-state index contributed by atoms with van der Waals surface area (Å²) in [5.74, 6) is 1.07. The van der Waals surface area contributed by atoms with Gasteiger partial charge < -0.3 is 10.5 Å². The maximum absolute atomic E-state index is 13.2. The summed E-state index contributed by atoms with van der Waals surface area (Å²) in [6.45, 7) is 3.63. The van der Waals surface area contributed by atoms with E-state index in [0.717, 1.165) is 15.6 Å². The molecule has 0 fully saturated rings. The minimum absolute atomic E-state index is 0.256. The van der Waals surface area contributed by atoms with Gasteiger partial charge in [0.2, 0.25) is 0 Å². The van der Waals surface area contributed by atoms with Gasteiger partial charge in [-0.2, -0.15) is 0 Å². The Bertz CT molecular complexity index is 575. The Labute approximate surface area is 114 Å². The molecule has 0 amide bonds. The third-order valence-electron chi connectivity index (χ3n) is 2.59. The highest BCUT2D eigenvalue weighted by atomic mass is 79.9. The number of hydrogen-bond acceptors (Lipinski definition) is 2. The second kappa shape index (κ2) is 4.98. The summed E-state index contributed by atoms with van der Waals surface area (Å²) >= 11 is 3.39. The van der Waals surface area contributed by atoms with Crippen LogP contribution in [0.15, 0.2) is 34.8 Å². The Hall–Kier alpha value is -1.55. The lowest BCUT2D eigenvalue weighted by Crippen LogP contribution is -1.94. The highest BCUT2D eigenvalue weighted by Crippen LogP contribution is 2.34. The maximum Gasteiger partial charge on any atom is 0.141 e. The molecule has 0 heterocycles. The number of nitrogens with two attached hydrogens (primary N) is 1. The zero-order valence-corrected chi connectivity index (χ0v) is 11.7. The number of benzene rings is 2. The summed E-state index contributed by atoms with van der Waals surface area (Å²) in [6.07, 6.45) is 0. The fourth-order valence-electron chi connectivity index (χ4n) is 1.77. The summed E-state index contributed by atoms with van der Waals surface area (Å²) in [7, 11) is 0. The molecule has 0 unspecified atom stereocenters. The monoisotopic (exact) mass is 309 g/mol. The van der Waals surface area contributed by atoms with Crippen molar-refractivity contribution in [3.8, 4) is 11.5 Å². The third kappa shape index (κ3) is 2.64. The molecule has 0 aliphatic rings. The molecule has 2 nitrogen and oxygen atoms in total. The van der Waals surface area contributed by atoms with Crippen molar-refractivity contribution in [2.45, 2.75) is 13.8 Å². The molecule has 0 saturated carbocycles. The highest BCUT2D eigenvalue weighted by Gasteiger charge is 2.09. The van der Waals surface area contributed by atoms with Crippen molar-refractivity contribution in [1.82, 2.24) is 0 Å². The van der Waals surface area contributed by atoms with Crippen molar-refractivity contribution in [2.24, 2.45) is 0 Å². The molecule has 0 radical (unpaired) electrons. The number of halogens is 2. The van der Waals surface area contributed by atoms with E-state index in [2.05, 4.69) is 15.9 Å². The first kappa shape index (κ1) is 12.9. The standard InChI is InChI=1S/C14H13BrFNO/c1-8-5-10(16)6-9(2)14(8)18-13-4-3-11(17)7-12(13)15/h3-7H,17H2,1-2H3. The fourth-order valence-corrected chi connectivity index (χ4v) is 2.25. The van der Waals surface area contributed by atoms with E-state index in [1.807, 2.05) is 13.8 Å². The number of nitrogen functional groups attached to an aromatic ring is 1. The van der Waals surface area contributed by atoms with E-state index >= 15 is 0 Å². The topological polar surface area (TPSA) is 35.2 Å². The van der Waals surface area contributed by atoms with Crippen LogP contribution in [0.1, 0.15) is 11.1 Å². The summed E-state index contributed by atoms with van der Waals surface area (Å²) in [5.41, 5.74) is 7.84. The van der Waals surface area contributed by atoms with E-state index < -0.39 is 0 Å². The highest BCUT2D eigenvalue weighted by molar-refractivity contribution is 9.10. The van der Waals surface area contributed by atoms with Crippen LogP contribution in [0, 0.1) is 19.7 Å². The number of anilines is 1. The SMILES string of the molecule is Cc1cc(F)cc(C)c1Oc1ccc(N)cc1Br. The lowest BCUT2D eigenvalue weighted by atomic mass is 10.1. The first-order chi connectivity index (χ1) is 8.47. The van der Waals surface area contributed by atoms with Crippen LogP contribution in [0.2, 0.25) is 0 Å². The second-order valence-electron chi connectivity index (χ2n) is 4.16. The molecular formula is C14H13BrFNO. The van der Waals surface area contributed by atoms with Crippen molar-refractivity contribution < 1.29 is 9.13 Å². The molecule has 2 aromatic carbocycles. The first-order valence-corrected chi connectivity index (χ1v) is 6.26. The van der Waals surface area contributed by atoms with Gasteiger partial charge in [0.25, 0.3) is 0 Å². The number of ether oxygens (including phenoxy) is 1. The van der Waals surface area contributed by atoms with Gasteiger partial charge in [-0.15, -0.1) is 0 Å². The first-order valence-electron chi connectivity index (χ1n) is 5.47. The van der Waals surface area contributed by atoms with E-state index in [1.54, 1.807) is 18.2 Å². The van der Waals surface area contributed by atoms with Crippen LogP contribution < -0.4 is 10.5 Å². The van der Waals surface area contributed by atoms with Gasteiger partial charge in [-0.25, -0.2) is 4.39 Å². The van der Waals surface area contributed by atoms with Crippen molar-refractivity contribution >= 4 is 21.6 Å². The van der Waals surface area contributed by atoms with Crippen LogP contribution in [0.5, 0.6) is 11.5 Å². The van der Waals surface area contributed by atoms with Gasteiger partial charge in [0.1, 0.15) is 17.3 Å². The van der Waals surface area contributed by atoms with Crippen molar-refractivity contribution in [3.05, 3.63) is 51.7 Å². The van der Waals surface area contributed by atoms with E-state index in [-0.39, 0.29) is 5.82 Å². The van der Waals surface area contributed by atoms with Gasteiger partial charge >= 0.3 is 0 Å². The largest absolute Gasteiger partial charge is 0.456 e. The van der Waals surface area contributed by atoms with E-state index in [9.17, 15) is 4.39 Å². The minimum Gasteiger partial charge on any atom is -0.456 e. The van der Waals surface area contributed by atoms with Gasteiger partial charge in [0.05, 0.1) is 4.47 Å². The molecule has 0 atom stereocenters. The maximum atomic E-state index is 13.2. The molecular weight excluding hydrogens is 297 g/mol. The van der Waals surface area contributed by atoms with E-state index in [1.165, 1.54) is 12.1 Å². The Morgan fingerprint density at radius 2 is 1.72 bits per heavy atom. The average Bonchev–Trinajstić information content (AvgIpc) is 2.25. The van der Waals surface area contributed by atoms with Crippen LogP contribution in [-0.4, -0.2) is 0 Å². The summed E-state index contributed by atoms with van der Waals surface area (Å²) in [6, 6.07) is 8.21. The summed E-state index contributed by atoms with van der Waals surface area (Å²) < 4.78 is 19.8. The molecule has 0 saturated heterocycles. The molecule has 2 aromatic rings. The Morgan fingerprint density at radius 3 is 2.28 bits per heavy atom. The molecule has 4 heteroatoms. The van der Waals surface area contributed by atoms with Crippen molar-refractivity contribution in [2.75, 3.05) is 5.73 Å². The quantitative estimate of drug-likeness (QED) is 0.824. The van der Waals surface area contributed by atoms with Gasteiger partial charge in [0.15, 0.2) is 0 Å². The van der Waals surface area contributed by atoms with Gasteiger partial charge in [0, 0.05) is 5.69 Å². The van der Waals surface area contributed by atoms with Crippen LogP contribution in [0.4, 0.5) is 10.1 Å². The molecule has 2 rings (SSSR count). The molecule has 18 heavy (non-hydrogen) atoms. The minimum atomic E-state index is -0.256. The number of rotatable bonds is 2. The third-order valence-corrected chi connectivity index (χ3v) is 3.21. The van der Waals surface area contributed by atoms with Crippen LogP contribution in [0.25, 0.3) is 0 Å². The van der Waals surface area contributed by atoms with Crippen LogP contribution in [0.3, 0.4) is 0 Å². The van der Waals surface area contributed by atoms with Crippen LogP contribution in [-0.2, 0) is 0 Å². The summed E-state index contributed by atoms with van der Waals surface area (Å²) in [5, 5.41) is 0. The summed E-state index contributed by atoms with van der Waals surface area (Å²) in [4.78, 5) is 0. The average molecular weight is 310 g/mol. The molecule has 2 N–H and O–H groups in total. The van der Waals surface area contributed by atoms with Gasteiger partial charge in [-0.1, -0.05) is 0 Å². The Kier molecular flexibility index (Phi) is 3.57. The van der Waals surface area contributed by atoms with E-state index in [0.29, 0.717) is 17.2 Å². The normalized spacial score (nSPS) is 10.4. The Morgan fingerprint density at radius 1 is 1.11 bits per heavy atom. The van der Waals surface area contributed by atoms with Crippen LogP contribution >= 0.6 is 15.9 Å². The molecule has 0 aliphatic carbocycles. The smallest absolute Gasteiger partial charge is 0.141 e. The zero-order valence-electron chi connectivity index (χ0n) is 10.1. The lowest BCUT2D eigenvalue weighted by molar-refractivity contribution is 0.469. The van der Waals surface area contributed by atoms with E-state index in [4.69, 9.17) is 10.5 Å². The number of hydrogen-bond donors (Lipinski definition) is 1. The van der Waals surface area contributed by atoms with Gasteiger partial charge in [-0.05, 0) is 71.2 Å². The predicted octanol–water partition coefficient (Wildman–Crippen LogP) is 4.58. The molecule has 94 valence electrons. The lowest BCUT2D eigenvalue weighted by Gasteiger charge is -2.13. The zero-order chi connectivity index (χ0) is 13.3. The fraction of sp³-hybridized carbons (Fsp3) is 0.143. The predicted molar refractivity (Wildman–Crippen MR) is 74.5 cm³/mol. The second-order valence-corrected chi connectivity index (χ2v) is 5.01. The number of aryl methyl sites for hydroxylation is 2. The Balaban J connectivity index is 2.40. The molecule has 0 spiro atoms. The van der Waals surface area contributed by atoms with Gasteiger partial charge in [-0.3, -0.25) is 0 Å².